The predicted octanol–water partition coefficient (Wildman–Crippen LogP) is 2.03. The van der Waals surface area contributed by atoms with Crippen molar-refractivity contribution in [1.29, 1.82) is 0 Å². The molecule has 0 aliphatic carbocycles. The Bertz CT molecular complexity index is 655. The lowest BCUT2D eigenvalue weighted by Gasteiger charge is -2.19. The number of hydrogen-bond donors (Lipinski definition) is 1. The second-order valence-corrected chi connectivity index (χ2v) is 4.44. The maximum absolute atomic E-state index is 13.9. The summed E-state index contributed by atoms with van der Waals surface area (Å²) in [4.78, 5) is 12.2. The summed E-state index contributed by atoms with van der Waals surface area (Å²) >= 11 is 0. The molecule has 0 unspecified atom stereocenters. The summed E-state index contributed by atoms with van der Waals surface area (Å²) in [7, 11) is 3.34. The third kappa shape index (κ3) is 2.61. The Morgan fingerprint density at radius 3 is 2.65 bits per heavy atom. The first-order valence-electron chi connectivity index (χ1n) is 5.80. The second kappa shape index (κ2) is 5.28. The maximum Gasteiger partial charge on any atom is 0.338 e. The lowest BCUT2D eigenvalue weighted by molar-refractivity contribution is 0.0690. The smallest absolute Gasteiger partial charge is 0.338 e. The van der Waals surface area contributed by atoms with Crippen LogP contribution >= 0.6 is 0 Å². The van der Waals surface area contributed by atoms with E-state index in [4.69, 9.17) is 5.11 Å². The minimum absolute atomic E-state index is 0.00338. The Balaban J connectivity index is 2.28. The molecule has 0 aliphatic rings. The van der Waals surface area contributed by atoms with E-state index in [0.29, 0.717) is 6.54 Å². The highest BCUT2D eigenvalue weighted by Crippen LogP contribution is 2.24. The van der Waals surface area contributed by atoms with Gasteiger partial charge in [-0.3, -0.25) is 4.68 Å². The number of halogens is 2. The quantitative estimate of drug-likeness (QED) is 0.931. The largest absolute Gasteiger partial charge is 0.478 e. The summed E-state index contributed by atoms with van der Waals surface area (Å²) in [5.74, 6) is -4.02. The van der Waals surface area contributed by atoms with Crippen molar-refractivity contribution in [2.24, 2.45) is 7.05 Å². The van der Waals surface area contributed by atoms with E-state index in [0.717, 1.165) is 11.6 Å². The molecule has 1 heterocycles. The highest BCUT2D eigenvalue weighted by Gasteiger charge is 2.20. The van der Waals surface area contributed by atoms with Gasteiger partial charge in [0.2, 0.25) is 0 Å². The molecule has 7 heteroatoms. The van der Waals surface area contributed by atoms with Crippen LogP contribution in [0.5, 0.6) is 0 Å². The van der Waals surface area contributed by atoms with Gasteiger partial charge in [-0.25, -0.2) is 13.6 Å². The molecule has 0 saturated heterocycles. The molecule has 1 aromatic heterocycles. The number of aryl methyl sites for hydroxylation is 1. The first kappa shape index (κ1) is 14.0. The maximum atomic E-state index is 13.9. The van der Waals surface area contributed by atoms with Crippen molar-refractivity contribution < 1.29 is 18.7 Å². The molecule has 2 rings (SSSR count). The molecule has 0 amide bonds. The van der Waals surface area contributed by atoms with E-state index >= 15 is 0 Å². The summed E-state index contributed by atoms with van der Waals surface area (Å²) in [6.07, 6.45) is 3.38. The first-order valence-corrected chi connectivity index (χ1v) is 5.80. The Hall–Kier alpha value is -2.44. The lowest BCUT2D eigenvalue weighted by atomic mass is 10.1. The van der Waals surface area contributed by atoms with Gasteiger partial charge in [-0.05, 0) is 12.1 Å². The van der Waals surface area contributed by atoms with Crippen molar-refractivity contribution in [2.45, 2.75) is 6.54 Å². The Morgan fingerprint density at radius 2 is 2.10 bits per heavy atom. The number of anilines is 1. The molecule has 2 aromatic rings. The monoisotopic (exact) mass is 281 g/mol. The fourth-order valence-electron chi connectivity index (χ4n) is 1.91. The zero-order valence-corrected chi connectivity index (χ0v) is 11.0. The van der Waals surface area contributed by atoms with Crippen molar-refractivity contribution >= 4 is 11.7 Å². The molecule has 0 atom stereocenters. The number of benzene rings is 1. The average Bonchev–Trinajstić information content (AvgIpc) is 2.77. The standard InChI is InChI=1S/C13H13F2N3O2/c1-17(6-8-5-16-18(2)7-8)10-4-3-9(13(19)20)11(14)12(10)15/h3-5,7H,6H2,1-2H3,(H,19,20). The van der Waals surface area contributed by atoms with E-state index in [1.165, 1.54) is 11.0 Å². The number of aromatic nitrogens is 2. The van der Waals surface area contributed by atoms with Gasteiger partial charge >= 0.3 is 5.97 Å². The summed E-state index contributed by atoms with van der Waals surface area (Å²) in [5, 5.41) is 12.7. The van der Waals surface area contributed by atoms with Crippen molar-refractivity contribution in [1.82, 2.24) is 9.78 Å². The van der Waals surface area contributed by atoms with E-state index in [2.05, 4.69) is 5.10 Å². The summed E-state index contributed by atoms with van der Waals surface area (Å²) in [6, 6.07) is 2.30. The van der Waals surface area contributed by atoms with Gasteiger partial charge in [-0.15, -0.1) is 0 Å². The Kier molecular flexibility index (Phi) is 3.69. The van der Waals surface area contributed by atoms with Crippen LogP contribution in [0.1, 0.15) is 15.9 Å². The summed E-state index contributed by atoms with van der Waals surface area (Å²) in [5.41, 5.74) is 0.148. The topological polar surface area (TPSA) is 58.4 Å². The van der Waals surface area contributed by atoms with Gasteiger partial charge in [-0.2, -0.15) is 5.10 Å². The Morgan fingerprint density at radius 1 is 1.40 bits per heavy atom. The van der Waals surface area contributed by atoms with E-state index in [9.17, 15) is 13.6 Å². The molecule has 20 heavy (non-hydrogen) atoms. The van der Waals surface area contributed by atoms with E-state index in [1.807, 2.05) is 0 Å². The fraction of sp³-hybridized carbons (Fsp3) is 0.231. The third-order valence-corrected chi connectivity index (χ3v) is 2.88. The van der Waals surface area contributed by atoms with Gasteiger partial charge in [-0.1, -0.05) is 0 Å². The summed E-state index contributed by atoms with van der Waals surface area (Å²) in [6.45, 7) is 0.330. The van der Waals surface area contributed by atoms with Crippen molar-refractivity contribution in [2.75, 3.05) is 11.9 Å². The number of aromatic carboxylic acids is 1. The van der Waals surface area contributed by atoms with Crippen LogP contribution in [0.15, 0.2) is 24.5 Å². The molecule has 0 fully saturated rings. The van der Waals surface area contributed by atoms with Gasteiger partial charge in [0.25, 0.3) is 0 Å². The Labute approximate surface area is 114 Å². The number of carboxylic acid groups (broad SMARTS) is 1. The highest BCUT2D eigenvalue weighted by molar-refractivity contribution is 5.88. The molecule has 0 radical (unpaired) electrons. The number of nitrogens with zero attached hydrogens (tertiary/aromatic N) is 3. The van der Waals surface area contributed by atoms with Crippen LogP contribution in [0.4, 0.5) is 14.5 Å². The zero-order chi connectivity index (χ0) is 14.9. The van der Waals surface area contributed by atoms with Gasteiger partial charge in [0, 0.05) is 32.4 Å². The van der Waals surface area contributed by atoms with Crippen LogP contribution in [-0.2, 0) is 13.6 Å². The average molecular weight is 281 g/mol. The van der Waals surface area contributed by atoms with Crippen LogP contribution in [0.3, 0.4) is 0 Å². The van der Waals surface area contributed by atoms with E-state index in [1.54, 1.807) is 31.2 Å². The van der Waals surface area contributed by atoms with E-state index < -0.39 is 23.2 Å². The lowest BCUT2D eigenvalue weighted by Crippen LogP contribution is -2.19. The number of carboxylic acids is 1. The number of rotatable bonds is 4. The molecule has 0 saturated carbocycles. The minimum Gasteiger partial charge on any atom is -0.478 e. The normalized spacial score (nSPS) is 10.6. The van der Waals surface area contributed by atoms with Crippen LogP contribution in [0.25, 0.3) is 0 Å². The highest BCUT2D eigenvalue weighted by atomic mass is 19.2. The SMILES string of the molecule is CN(Cc1cnn(C)c1)c1ccc(C(=O)O)c(F)c1F. The molecule has 0 spiro atoms. The van der Waals surface area contributed by atoms with Crippen LogP contribution in [0.2, 0.25) is 0 Å². The minimum atomic E-state index is -1.50. The van der Waals surface area contributed by atoms with Crippen molar-refractivity contribution in [3.05, 3.63) is 47.3 Å². The predicted molar refractivity (Wildman–Crippen MR) is 68.6 cm³/mol. The van der Waals surface area contributed by atoms with Gasteiger partial charge < -0.3 is 10.0 Å². The number of carbonyl (C=O) groups is 1. The van der Waals surface area contributed by atoms with Gasteiger partial charge in [0.05, 0.1) is 17.4 Å². The molecular formula is C13H13F2N3O2. The molecule has 0 bridgehead atoms. The third-order valence-electron chi connectivity index (χ3n) is 2.88. The molecule has 5 nitrogen and oxygen atoms in total. The van der Waals surface area contributed by atoms with Gasteiger partial charge in [0.1, 0.15) is 0 Å². The van der Waals surface area contributed by atoms with Gasteiger partial charge in [0.15, 0.2) is 11.6 Å². The number of hydrogen-bond acceptors (Lipinski definition) is 3. The molecular weight excluding hydrogens is 268 g/mol. The van der Waals surface area contributed by atoms with Crippen LogP contribution < -0.4 is 4.90 Å². The van der Waals surface area contributed by atoms with Crippen LogP contribution in [-0.4, -0.2) is 27.9 Å². The van der Waals surface area contributed by atoms with Crippen molar-refractivity contribution in [3.8, 4) is 0 Å². The first-order chi connectivity index (χ1) is 9.40. The molecule has 1 N–H and O–H groups in total. The molecule has 0 aliphatic heterocycles. The van der Waals surface area contributed by atoms with Crippen LogP contribution in [0, 0.1) is 11.6 Å². The molecule has 1 aromatic carbocycles. The zero-order valence-electron chi connectivity index (χ0n) is 11.0. The van der Waals surface area contributed by atoms with Crippen molar-refractivity contribution in [3.63, 3.8) is 0 Å². The fourth-order valence-corrected chi connectivity index (χ4v) is 1.91. The van der Waals surface area contributed by atoms with E-state index in [-0.39, 0.29) is 5.69 Å². The molecule has 106 valence electrons. The second-order valence-electron chi connectivity index (χ2n) is 4.44. The summed E-state index contributed by atoms with van der Waals surface area (Å²) < 4.78 is 29.1.